The molecule has 2 fully saturated rings. The SMILES string of the molecule is NCC1(CO)CC([C@@H]2CC[C@@H]3CN2C(=O)N3OS(=O)(=O)O)=NO1. The lowest BCUT2D eigenvalue weighted by Gasteiger charge is -2.30. The van der Waals surface area contributed by atoms with Crippen molar-refractivity contribution in [2.75, 3.05) is 19.7 Å². The lowest BCUT2D eigenvalue weighted by Crippen LogP contribution is -2.47. The molecular formula is C11H18N4O7S. The summed E-state index contributed by atoms with van der Waals surface area (Å²) in [5.41, 5.74) is 5.21. The minimum absolute atomic E-state index is 0.0811. The highest BCUT2D eigenvalue weighted by atomic mass is 32.3. The summed E-state index contributed by atoms with van der Waals surface area (Å²) in [6.45, 7) is 0.0440. The molecule has 3 aliphatic rings. The largest absolute Gasteiger partial charge is 0.418 e. The molecule has 2 bridgehead atoms. The molecule has 3 rings (SSSR count). The molecule has 23 heavy (non-hydrogen) atoms. The lowest BCUT2D eigenvalue weighted by molar-refractivity contribution is -0.0497. The summed E-state index contributed by atoms with van der Waals surface area (Å²) in [6, 6.07) is -1.50. The Labute approximate surface area is 132 Å². The second-order valence-electron chi connectivity index (χ2n) is 5.91. The number of piperidine rings is 1. The summed E-state index contributed by atoms with van der Waals surface area (Å²) >= 11 is 0. The van der Waals surface area contributed by atoms with Gasteiger partial charge >= 0.3 is 16.4 Å². The van der Waals surface area contributed by atoms with Crippen molar-refractivity contribution >= 4 is 22.1 Å². The van der Waals surface area contributed by atoms with Crippen molar-refractivity contribution in [1.29, 1.82) is 0 Å². The summed E-state index contributed by atoms with van der Waals surface area (Å²) < 4.78 is 34.9. The summed E-state index contributed by atoms with van der Waals surface area (Å²) in [6.07, 6.45) is 1.31. The van der Waals surface area contributed by atoms with E-state index >= 15 is 0 Å². The van der Waals surface area contributed by atoms with Gasteiger partial charge in [-0.05, 0) is 12.8 Å². The number of aliphatic hydroxyl groups is 1. The molecule has 0 spiro atoms. The van der Waals surface area contributed by atoms with Crippen molar-refractivity contribution in [3.8, 4) is 0 Å². The average molecular weight is 350 g/mol. The Hall–Kier alpha value is -1.47. The molecule has 4 N–H and O–H groups in total. The highest BCUT2D eigenvalue weighted by Gasteiger charge is 2.51. The normalized spacial score (nSPS) is 33.9. The van der Waals surface area contributed by atoms with Crippen LogP contribution in [0.2, 0.25) is 0 Å². The van der Waals surface area contributed by atoms with Gasteiger partial charge in [0.1, 0.15) is 0 Å². The van der Waals surface area contributed by atoms with Crippen LogP contribution in [-0.2, 0) is 19.5 Å². The van der Waals surface area contributed by atoms with Crippen molar-refractivity contribution in [3.63, 3.8) is 0 Å². The number of rotatable bonds is 5. The molecule has 130 valence electrons. The Balaban J connectivity index is 1.75. The Bertz CT molecular complexity index is 632. The fraction of sp³-hybridized carbons (Fsp3) is 0.818. The third-order valence-electron chi connectivity index (χ3n) is 4.40. The maximum Gasteiger partial charge on any atom is 0.418 e. The number of oxime groups is 1. The van der Waals surface area contributed by atoms with Gasteiger partial charge < -0.3 is 20.6 Å². The second-order valence-corrected chi connectivity index (χ2v) is 6.91. The number of aliphatic hydroxyl groups excluding tert-OH is 1. The molecule has 1 unspecified atom stereocenters. The molecule has 2 saturated heterocycles. The van der Waals surface area contributed by atoms with Crippen LogP contribution < -0.4 is 5.73 Å². The molecule has 0 saturated carbocycles. The van der Waals surface area contributed by atoms with Crippen molar-refractivity contribution in [2.24, 2.45) is 10.9 Å². The molecule has 3 heterocycles. The van der Waals surface area contributed by atoms with Gasteiger partial charge in [-0.2, -0.15) is 13.5 Å². The zero-order chi connectivity index (χ0) is 16.8. The molecule has 11 nitrogen and oxygen atoms in total. The van der Waals surface area contributed by atoms with Gasteiger partial charge in [-0.3, -0.25) is 4.55 Å². The van der Waals surface area contributed by atoms with Gasteiger partial charge in [0.05, 0.1) is 24.4 Å². The van der Waals surface area contributed by atoms with Crippen LogP contribution in [0.5, 0.6) is 0 Å². The van der Waals surface area contributed by atoms with Crippen LogP contribution in [0.3, 0.4) is 0 Å². The lowest BCUT2D eigenvalue weighted by atomic mass is 9.90. The predicted molar refractivity (Wildman–Crippen MR) is 75.4 cm³/mol. The third kappa shape index (κ3) is 2.87. The van der Waals surface area contributed by atoms with Crippen LogP contribution in [0.15, 0.2) is 5.16 Å². The Morgan fingerprint density at radius 3 is 2.78 bits per heavy atom. The number of urea groups is 1. The number of hydrogen-bond donors (Lipinski definition) is 3. The van der Waals surface area contributed by atoms with Crippen LogP contribution >= 0.6 is 0 Å². The zero-order valence-corrected chi connectivity index (χ0v) is 13.0. The number of nitrogens with two attached hydrogens (primary N) is 1. The number of fused-ring (bicyclic) bond motifs is 2. The zero-order valence-electron chi connectivity index (χ0n) is 12.2. The standard InChI is InChI=1S/C11H18N4O7S/c12-5-11(6-16)3-8(13-21-11)9-2-1-7-4-14(9)10(17)15(7)22-23(18,19)20/h7,9,16H,1-6,12H2,(H,18,19,20)/t7-,9+,11?/m1/s1. The van der Waals surface area contributed by atoms with E-state index < -0.39 is 28.1 Å². The van der Waals surface area contributed by atoms with Crippen LogP contribution in [-0.4, -0.2) is 77.2 Å². The van der Waals surface area contributed by atoms with E-state index in [2.05, 4.69) is 9.44 Å². The quantitative estimate of drug-likeness (QED) is 0.504. The Morgan fingerprint density at radius 2 is 2.22 bits per heavy atom. The van der Waals surface area contributed by atoms with E-state index in [9.17, 15) is 18.3 Å². The molecule has 0 aliphatic carbocycles. The minimum Gasteiger partial charge on any atom is -0.392 e. The van der Waals surface area contributed by atoms with Crippen molar-refractivity contribution in [1.82, 2.24) is 9.96 Å². The molecular weight excluding hydrogens is 332 g/mol. The van der Waals surface area contributed by atoms with E-state index in [4.69, 9.17) is 15.1 Å². The molecule has 0 aromatic rings. The molecule has 2 amide bonds. The third-order valence-corrected chi connectivity index (χ3v) is 4.75. The monoisotopic (exact) mass is 350 g/mol. The van der Waals surface area contributed by atoms with Crippen LogP contribution in [0, 0.1) is 0 Å². The summed E-state index contributed by atoms with van der Waals surface area (Å²) in [5, 5.41) is 14.0. The second kappa shape index (κ2) is 5.56. The van der Waals surface area contributed by atoms with E-state index in [1.54, 1.807) is 0 Å². The van der Waals surface area contributed by atoms with E-state index in [1.165, 1.54) is 4.90 Å². The van der Waals surface area contributed by atoms with Crippen LogP contribution in [0.25, 0.3) is 0 Å². The first-order valence-corrected chi connectivity index (χ1v) is 8.48. The van der Waals surface area contributed by atoms with Crippen molar-refractivity contribution in [3.05, 3.63) is 0 Å². The Morgan fingerprint density at radius 1 is 1.48 bits per heavy atom. The van der Waals surface area contributed by atoms with Gasteiger partial charge in [0.25, 0.3) is 0 Å². The summed E-state index contributed by atoms with van der Waals surface area (Å²) in [7, 11) is -4.77. The fourth-order valence-corrected chi connectivity index (χ4v) is 3.55. The van der Waals surface area contributed by atoms with Crippen LogP contribution in [0.1, 0.15) is 19.3 Å². The number of carbonyl (C=O) groups is 1. The minimum atomic E-state index is -4.77. The van der Waals surface area contributed by atoms with Crippen molar-refractivity contribution in [2.45, 2.75) is 36.9 Å². The summed E-state index contributed by atoms with van der Waals surface area (Å²) in [4.78, 5) is 19.0. The maximum absolute atomic E-state index is 12.3. The first-order valence-electron chi connectivity index (χ1n) is 7.11. The molecule has 3 atom stereocenters. The smallest absolute Gasteiger partial charge is 0.392 e. The average Bonchev–Trinajstić information content (AvgIpc) is 3.04. The number of carbonyl (C=O) groups excluding carboxylic acids is 1. The van der Waals surface area contributed by atoms with Gasteiger partial charge in [0.2, 0.25) is 0 Å². The van der Waals surface area contributed by atoms with E-state index in [0.717, 1.165) is 0 Å². The molecule has 0 aromatic heterocycles. The first kappa shape index (κ1) is 16.4. The highest BCUT2D eigenvalue weighted by Crippen LogP contribution is 2.35. The molecule has 3 aliphatic heterocycles. The number of amides is 2. The van der Waals surface area contributed by atoms with E-state index in [0.29, 0.717) is 23.6 Å². The maximum atomic E-state index is 12.3. The van der Waals surface area contributed by atoms with Crippen LogP contribution in [0.4, 0.5) is 4.79 Å². The first-order chi connectivity index (χ1) is 10.8. The number of hydrogen-bond acceptors (Lipinski definition) is 8. The fourth-order valence-electron chi connectivity index (χ4n) is 3.17. The van der Waals surface area contributed by atoms with E-state index in [-0.39, 0.29) is 32.2 Å². The van der Waals surface area contributed by atoms with Gasteiger partial charge in [-0.25, -0.2) is 4.79 Å². The predicted octanol–water partition coefficient (Wildman–Crippen LogP) is -1.54. The Kier molecular flexibility index (Phi) is 3.96. The van der Waals surface area contributed by atoms with Crippen molar-refractivity contribution < 1.29 is 32.0 Å². The van der Waals surface area contributed by atoms with Gasteiger partial charge in [-0.1, -0.05) is 5.16 Å². The number of nitrogens with zero attached hydrogens (tertiary/aromatic N) is 3. The van der Waals surface area contributed by atoms with Gasteiger partial charge in [-0.15, -0.1) is 4.28 Å². The molecule has 12 heteroatoms. The molecule has 0 radical (unpaired) electrons. The molecule has 0 aromatic carbocycles. The summed E-state index contributed by atoms with van der Waals surface area (Å²) in [5.74, 6) is 0. The topological polar surface area (TPSA) is 155 Å². The highest BCUT2D eigenvalue weighted by molar-refractivity contribution is 7.80. The van der Waals surface area contributed by atoms with Gasteiger partial charge in [0, 0.05) is 19.5 Å². The van der Waals surface area contributed by atoms with E-state index in [1.807, 2.05) is 0 Å². The number of hydroxylamine groups is 2. The van der Waals surface area contributed by atoms with Gasteiger partial charge in [0.15, 0.2) is 5.60 Å².